The van der Waals surface area contributed by atoms with Crippen LogP contribution in [0.1, 0.15) is 35.4 Å². The minimum Gasteiger partial charge on any atom is -0.378 e. The Balaban J connectivity index is 1.43. The number of carbonyl (C=O) groups is 1. The zero-order valence-electron chi connectivity index (χ0n) is 14.6. The van der Waals surface area contributed by atoms with Gasteiger partial charge in [-0.1, -0.05) is 0 Å². The van der Waals surface area contributed by atoms with Gasteiger partial charge in [-0.2, -0.15) is 0 Å². The molecule has 1 aromatic heterocycles. The van der Waals surface area contributed by atoms with Gasteiger partial charge in [0.25, 0.3) is 0 Å². The van der Waals surface area contributed by atoms with Crippen molar-refractivity contribution in [2.75, 3.05) is 32.8 Å². The van der Waals surface area contributed by atoms with Crippen molar-refractivity contribution in [1.82, 2.24) is 9.80 Å². The highest BCUT2D eigenvalue weighted by Gasteiger charge is 2.43. The van der Waals surface area contributed by atoms with Gasteiger partial charge in [0, 0.05) is 60.9 Å². The highest BCUT2D eigenvalue weighted by molar-refractivity contribution is 7.11. The third-order valence-electron chi connectivity index (χ3n) is 5.86. The molecule has 1 amide bonds. The van der Waals surface area contributed by atoms with Crippen LogP contribution in [0.4, 0.5) is 0 Å². The summed E-state index contributed by atoms with van der Waals surface area (Å²) >= 11 is 1.89. The summed E-state index contributed by atoms with van der Waals surface area (Å²) in [5.41, 5.74) is 0. The smallest absolute Gasteiger partial charge is 0.226 e. The van der Waals surface area contributed by atoms with Gasteiger partial charge in [0.15, 0.2) is 0 Å². The molecule has 132 valence electrons. The summed E-state index contributed by atoms with van der Waals surface area (Å²) in [6.45, 7) is 7.97. The van der Waals surface area contributed by atoms with Crippen LogP contribution in [-0.4, -0.2) is 54.6 Å². The van der Waals surface area contributed by atoms with Gasteiger partial charge in [-0.15, -0.1) is 11.3 Å². The standard InChI is InChI=1S/C19H28N2O2S/c1-14-4-5-15(24-14)12-20-10-6-18-17(13-20)16(7-11-23-18)19(22)21-8-2-3-9-21/h4-5,16-18H,2-3,6-13H2,1H3/t16-,17+,18-/m0/s1. The van der Waals surface area contributed by atoms with Crippen molar-refractivity contribution in [3.8, 4) is 0 Å². The number of hydrogen-bond acceptors (Lipinski definition) is 4. The molecule has 1 aromatic rings. The number of hydrogen-bond donors (Lipinski definition) is 0. The van der Waals surface area contributed by atoms with Crippen LogP contribution in [0.15, 0.2) is 12.1 Å². The highest BCUT2D eigenvalue weighted by atomic mass is 32.1. The fourth-order valence-electron chi connectivity index (χ4n) is 4.60. The monoisotopic (exact) mass is 348 g/mol. The first-order valence-electron chi connectivity index (χ1n) is 9.39. The molecular formula is C19H28N2O2S. The van der Waals surface area contributed by atoms with E-state index >= 15 is 0 Å². The van der Waals surface area contributed by atoms with Crippen LogP contribution in [0.25, 0.3) is 0 Å². The summed E-state index contributed by atoms with van der Waals surface area (Å²) < 4.78 is 6.03. The Morgan fingerprint density at radius 2 is 2.08 bits per heavy atom. The molecule has 4 heterocycles. The fourth-order valence-corrected chi connectivity index (χ4v) is 5.53. The number of thiophene rings is 1. The Morgan fingerprint density at radius 1 is 1.25 bits per heavy atom. The lowest BCUT2D eigenvalue weighted by molar-refractivity contribution is -0.150. The second-order valence-corrected chi connectivity index (χ2v) is 8.91. The van der Waals surface area contributed by atoms with E-state index < -0.39 is 0 Å². The summed E-state index contributed by atoms with van der Waals surface area (Å²) in [4.78, 5) is 20.4. The predicted octanol–water partition coefficient (Wildman–Crippen LogP) is 2.91. The number of nitrogens with zero attached hydrogens (tertiary/aromatic N) is 2. The van der Waals surface area contributed by atoms with Crippen molar-refractivity contribution in [1.29, 1.82) is 0 Å². The third-order valence-corrected chi connectivity index (χ3v) is 6.85. The molecule has 24 heavy (non-hydrogen) atoms. The van der Waals surface area contributed by atoms with Crippen molar-refractivity contribution in [3.63, 3.8) is 0 Å². The molecule has 0 aromatic carbocycles. The van der Waals surface area contributed by atoms with E-state index in [4.69, 9.17) is 4.74 Å². The molecule has 3 saturated heterocycles. The van der Waals surface area contributed by atoms with Crippen LogP contribution in [0.5, 0.6) is 0 Å². The maximum Gasteiger partial charge on any atom is 0.226 e. The van der Waals surface area contributed by atoms with Gasteiger partial charge in [0.05, 0.1) is 6.10 Å². The summed E-state index contributed by atoms with van der Waals surface area (Å²) in [7, 11) is 0. The number of carbonyl (C=O) groups excluding carboxylic acids is 1. The SMILES string of the molecule is Cc1ccc(CN2CC[C@@H]3OCC[C@H](C(=O)N4CCCC4)[C@H]3C2)s1. The lowest BCUT2D eigenvalue weighted by Crippen LogP contribution is -2.53. The van der Waals surface area contributed by atoms with Gasteiger partial charge < -0.3 is 9.64 Å². The number of piperidine rings is 1. The lowest BCUT2D eigenvalue weighted by Gasteiger charge is -2.45. The number of amides is 1. The Bertz CT molecular complexity index is 582. The molecule has 0 spiro atoms. The van der Waals surface area contributed by atoms with Gasteiger partial charge in [0.2, 0.25) is 5.91 Å². The average molecular weight is 349 g/mol. The van der Waals surface area contributed by atoms with E-state index in [0.29, 0.717) is 11.8 Å². The molecule has 4 nitrogen and oxygen atoms in total. The molecule has 3 aliphatic heterocycles. The summed E-state index contributed by atoms with van der Waals surface area (Å²) in [6.07, 6.45) is 4.61. The van der Waals surface area contributed by atoms with E-state index in [9.17, 15) is 4.79 Å². The number of aryl methyl sites for hydroxylation is 1. The van der Waals surface area contributed by atoms with E-state index in [0.717, 1.165) is 52.2 Å². The molecule has 3 fully saturated rings. The van der Waals surface area contributed by atoms with E-state index in [1.165, 1.54) is 22.6 Å². The van der Waals surface area contributed by atoms with Gasteiger partial charge in [-0.25, -0.2) is 0 Å². The second-order valence-electron chi connectivity index (χ2n) is 7.54. The van der Waals surface area contributed by atoms with Crippen molar-refractivity contribution < 1.29 is 9.53 Å². The highest BCUT2D eigenvalue weighted by Crippen LogP contribution is 2.35. The predicted molar refractivity (Wildman–Crippen MR) is 96.1 cm³/mol. The Kier molecular flexibility index (Phi) is 4.93. The van der Waals surface area contributed by atoms with E-state index in [-0.39, 0.29) is 12.0 Å². The van der Waals surface area contributed by atoms with Crippen molar-refractivity contribution in [2.45, 2.75) is 45.3 Å². The van der Waals surface area contributed by atoms with Gasteiger partial charge in [-0.05, 0) is 44.7 Å². The van der Waals surface area contributed by atoms with Crippen LogP contribution in [0.2, 0.25) is 0 Å². The zero-order valence-corrected chi connectivity index (χ0v) is 15.4. The molecule has 0 aliphatic carbocycles. The Hall–Kier alpha value is -0.910. The van der Waals surface area contributed by atoms with E-state index in [1.54, 1.807) is 0 Å². The first kappa shape index (κ1) is 16.6. The molecule has 0 bridgehead atoms. The number of rotatable bonds is 3. The van der Waals surface area contributed by atoms with Crippen LogP contribution >= 0.6 is 11.3 Å². The van der Waals surface area contributed by atoms with Crippen molar-refractivity contribution in [2.24, 2.45) is 11.8 Å². The van der Waals surface area contributed by atoms with E-state index in [2.05, 4.69) is 28.9 Å². The number of likely N-dealkylation sites (tertiary alicyclic amines) is 2. The minimum atomic E-state index is 0.176. The maximum absolute atomic E-state index is 13.0. The number of ether oxygens (including phenoxy) is 1. The molecule has 0 unspecified atom stereocenters. The topological polar surface area (TPSA) is 32.8 Å². The molecule has 3 atom stereocenters. The molecule has 5 heteroatoms. The molecule has 0 N–H and O–H groups in total. The quantitative estimate of drug-likeness (QED) is 0.842. The van der Waals surface area contributed by atoms with Crippen LogP contribution in [0, 0.1) is 18.8 Å². The lowest BCUT2D eigenvalue weighted by atomic mass is 9.78. The first-order chi connectivity index (χ1) is 11.7. The Labute approximate surface area is 148 Å². The zero-order chi connectivity index (χ0) is 16.5. The maximum atomic E-state index is 13.0. The normalized spacial score (nSPS) is 31.2. The average Bonchev–Trinajstić information content (AvgIpc) is 3.25. The molecule has 0 saturated carbocycles. The Morgan fingerprint density at radius 3 is 2.83 bits per heavy atom. The van der Waals surface area contributed by atoms with Gasteiger partial charge in [-0.3, -0.25) is 9.69 Å². The molecular weight excluding hydrogens is 320 g/mol. The van der Waals surface area contributed by atoms with Crippen LogP contribution in [0.3, 0.4) is 0 Å². The van der Waals surface area contributed by atoms with Crippen LogP contribution in [-0.2, 0) is 16.1 Å². The summed E-state index contributed by atoms with van der Waals surface area (Å²) in [5.74, 6) is 0.955. The van der Waals surface area contributed by atoms with Crippen molar-refractivity contribution in [3.05, 3.63) is 21.9 Å². The fraction of sp³-hybridized carbons (Fsp3) is 0.737. The summed E-state index contributed by atoms with van der Waals surface area (Å²) in [5, 5.41) is 0. The molecule has 0 radical (unpaired) electrons. The van der Waals surface area contributed by atoms with Crippen molar-refractivity contribution >= 4 is 17.2 Å². The summed E-state index contributed by atoms with van der Waals surface area (Å²) in [6, 6.07) is 4.45. The minimum absolute atomic E-state index is 0.176. The third kappa shape index (κ3) is 3.39. The second kappa shape index (κ2) is 7.14. The largest absolute Gasteiger partial charge is 0.378 e. The van der Waals surface area contributed by atoms with Crippen LogP contribution < -0.4 is 0 Å². The van der Waals surface area contributed by atoms with E-state index in [1.807, 2.05) is 11.3 Å². The molecule has 3 aliphatic rings. The van der Waals surface area contributed by atoms with Gasteiger partial charge >= 0.3 is 0 Å². The molecule has 4 rings (SSSR count). The first-order valence-corrected chi connectivity index (χ1v) is 10.2. The number of fused-ring (bicyclic) bond motifs is 1. The van der Waals surface area contributed by atoms with Gasteiger partial charge in [0.1, 0.15) is 0 Å².